The molecule has 0 fully saturated rings. The van der Waals surface area contributed by atoms with Gasteiger partial charge in [-0.25, -0.2) is 4.39 Å². The van der Waals surface area contributed by atoms with E-state index in [1.165, 1.54) is 19.1 Å². The molecule has 0 saturated carbocycles. The van der Waals surface area contributed by atoms with E-state index >= 15 is 0 Å². The predicted octanol–water partition coefficient (Wildman–Crippen LogP) is 4.07. The zero-order chi connectivity index (χ0) is 22.8. The number of halogens is 2. The third-order valence-electron chi connectivity index (χ3n) is 4.14. The summed E-state index contributed by atoms with van der Waals surface area (Å²) in [6, 6.07) is 10.7. The van der Waals surface area contributed by atoms with Crippen LogP contribution >= 0.6 is 15.9 Å². The topological polar surface area (TPSA) is 93.7 Å². The average Bonchev–Trinajstić information content (AvgIpc) is 2.74. The number of carbonyl (C=O) groups is 3. The molecule has 0 aliphatic carbocycles. The van der Waals surface area contributed by atoms with Crippen LogP contribution in [0.3, 0.4) is 0 Å². The van der Waals surface area contributed by atoms with Gasteiger partial charge in [0.05, 0.1) is 12.3 Å². The molecule has 0 spiro atoms. The summed E-state index contributed by atoms with van der Waals surface area (Å²) in [5, 5.41) is 4.77. The minimum atomic E-state index is -1.17. The summed E-state index contributed by atoms with van der Waals surface area (Å²) in [5.74, 6) is -1.93. The second-order valence-electron chi connectivity index (χ2n) is 6.65. The fraction of sp³-hybridized carbons (Fsp3) is 0.318. The van der Waals surface area contributed by atoms with Crippen LogP contribution in [-0.2, 0) is 14.3 Å². The molecule has 0 heterocycles. The largest absolute Gasteiger partial charge is 0.494 e. The van der Waals surface area contributed by atoms with Gasteiger partial charge in [-0.2, -0.15) is 0 Å². The molecule has 166 valence electrons. The molecule has 2 aromatic rings. The highest BCUT2D eigenvalue weighted by Crippen LogP contribution is 2.19. The number of hydrogen-bond acceptors (Lipinski definition) is 5. The first-order valence-electron chi connectivity index (χ1n) is 9.76. The van der Waals surface area contributed by atoms with E-state index < -0.39 is 36.2 Å². The van der Waals surface area contributed by atoms with Crippen molar-refractivity contribution < 1.29 is 28.2 Å². The van der Waals surface area contributed by atoms with Crippen LogP contribution in [0, 0.1) is 5.82 Å². The van der Waals surface area contributed by atoms with Crippen molar-refractivity contribution in [2.45, 2.75) is 32.8 Å². The Morgan fingerprint density at radius 3 is 2.48 bits per heavy atom. The molecule has 2 rings (SSSR count). The van der Waals surface area contributed by atoms with Gasteiger partial charge in [0.1, 0.15) is 18.1 Å². The second-order valence-corrected chi connectivity index (χ2v) is 7.57. The molecule has 2 aromatic carbocycles. The number of amides is 2. The Hall–Kier alpha value is -2.94. The van der Waals surface area contributed by atoms with Crippen LogP contribution < -0.4 is 15.4 Å². The Morgan fingerprint density at radius 1 is 1.13 bits per heavy atom. The molecule has 2 N–H and O–H groups in total. The molecule has 0 saturated heterocycles. The smallest absolute Gasteiger partial charge is 0.326 e. The molecular weight excluding hydrogens is 471 g/mol. The van der Waals surface area contributed by atoms with E-state index in [2.05, 4.69) is 33.5 Å². The van der Waals surface area contributed by atoms with Gasteiger partial charge in [0.15, 0.2) is 6.10 Å². The minimum absolute atomic E-state index is 0.0356. The first-order valence-corrected chi connectivity index (χ1v) is 10.6. The van der Waals surface area contributed by atoms with Crippen molar-refractivity contribution >= 4 is 39.4 Å². The summed E-state index contributed by atoms with van der Waals surface area (Å²) in [6.45, 7) is 3.60. The molecular formula is C22H24BrFN2O5. The van der Waals surface area contributed by atoms with E-state index in [1.807, 2.05) is 0 Å². The van der Waals surface area contributed by atoms with Crippen molar-refractivity contribution in [1.82, 2.24) is 5.32 Å². The minimum Gasteiger partial charge on any atom is -0.494 e. The molecule has 7 nitrogen and oxygen atoms in total. The number of carbonyl (C=O) groups excluding carboxylic acids is 3. The number of rotatable bonds is 10. The maximum atomic E-state index is 13.8. The van der Waals surface area contributed by atoms with E-state index in [4.69, 9.17) is 9.47 Å². The van der Waals surface area contributed by atoms with Gasteiger partial charge >= 0.3 is 5.97 Å². The highest BCUT2D eigenvalue weighted by Gasteiger charge is 2.19. The predicted molar refractivity (Wildman–Crippen MR) is 117 cm³/mol. The molecule has 0 aromatic heterocycles. The monoisotopic (exact) mass is 494 g/mol. The summed E-state index contributed by atoms with van der Waals surface area (Å²) < 4.78 is 24.8. The van der Waals surface area contributed by atoms with Gasteiger partial charge in [0, 0.05) is 10.0 Å². The van der Waals surface area contributed by atoms with Gasteiger partial charge in [-0.1, -0.05) is 29.3 Å². The summed E-state index contributed by atoms with van der Waals surface area (Å²) in [5.41, 5.74) is 0.318. The van der Waals surface area contributed by atoms with Gasteiger partial charge in [-0.15, -0.1) is 0 Å². The highest BCUT2D eigenvalue weighted by molar-refractivity contribution is 9.10. The molecule has 0 radical (unpaired) electrons. The van der Waals surface area contributed by atoms with Crippen molar-refractivity contribution in [3.05, 3.63) is 58.3 Å². The molecule has 1 unspecified atom stereocenters. The molecule has 2 amide bonds. The third kappa shape index (κ3) is 8.01. The van der Waals surface area contributed by atoms with Crippen LogP contribution in [0.4, 0.5) is 10.1 Å². The highest BCUT2D eigenvalue weighted by atomic mass is 79.9. The molecule has 0 aliphatic heterocycles. The Morgan fingerprint density at radius 2 is 1.84 bits per heavy atom. The number of nitrogens with one attached hydrogen (secondary N) is 2. The van der Waals surface area contributed by atoms with E-state index in [-0.39, 0.29) is 5.69 Å². The van der Waals surface area contributed by atoms with Crippen LogP contribution in [0.1, 0.15) is 37.0 Å². The van der Waals surface area contributed by atoms with Crippen molar-refractivity contribution in [2.24, 2.45) is 0 Å². The Labute approximate surface area is 188 Å². The Bertz CT molecular complexity index is 921. The fourth-order valence-corrected chi connectivity index (χ4v) is 2.74. The summed E-state index contributed by atoms with van der Waals surface area (Å²) >= 11 is 3.12. The first-order chi connectivity index (χ1) is 14.8. The van der Waals surface area contributed by atoms with Crippen LogP contribution in [0.25, 0.3) is 0 Å². The van der Waals surface area contributed by atoms with Gasteiger partial charge in [-0.3, -0.25) is 14.4 Å². The van der Waals surface area contributed by atoms with Crippen LogP contribution in [-0.4, -0.2) is 37.0 Å². The van der Waals surface area contributed by atoms with E-state index in [1.54, 1.807) is 30.3 Å². The van der Waals surface area contributed by atoms with Crippen molar-refractivity contribution in [1.29, 1.82) is 0 Å². The zero-order valence-electron chi connectivity index (χ0n) is 17.2. The first kappa shape index (κ1) is 24.3. The lowest BCUT2D eigenvalue weighted by Crippen LogP contribution is -2.36. The quantitative estimate of drug-likeness (QED) is 0.383. The molecule has 0 bridgehead atoms. The van der Waals surface area contributed by atoms with Gasteiger partial charge in [0.25, 0.3) is 11.8 Å². The SMILES string of the molecule is CCCCOc1ccc(C(=O)NCC(=O)OC(C)C(=O)Nc2ccc(Br)cc2F)cc1. The summed E-state index contributed by atoms with van der Waals surface area (Å²) in [7, 11) is 0. The van der Waals surface area contributed by atoms with E-state index in [9.17, 15) is 18.8 Å². The van der Waals surface area contributed by atoms with Crippen molar-refractivity contribution in [2.75, 3.05) is 18.5 Å². The summed E-state index contributed by atoms with van der Waals surface area (Å²) in [4.78, 5) is 36.2. The number of esters is 1. The van der Waals surface area contributed by atoms with Crippen molar-refractivity contribution in [3.63, 3.8) is 0 Å². The van der Waals surface area contributed by atoms with Crippen LogP contribution in [0.5, 0.6) is 5.75 Å². The average molecular weight is 495 g/mol. The standard InChI is InChI=1S/C22H24BrFN2O5/c1-3-4-11-30-17-8-5-15(6-9-17)22(29)25-13-20(27)31-14(2)21(28)26-19-10-7-16(23)12-18(19)24/h5-10,12,14H,3-4,11,13H2,1-2H3,(H,25,29)(H,26,28). The molecule has 9 heteroatoms. The maximum absolute atomic E-state index is 13.8. The van der Waals surface area contributed by atoms with Crippen molar-refractivity contribution in [3.8, 4) is 5.75 Å². The molecule has 1 atom stereocenters. The summed E-state index contributed by atoms with van der Waals surface area (Å²) in [6.07, 6.45) is 0.795. The van der Waals surface area contributed by atoms with E-state index in [0.717, 1.165) is 12.8 Å². The Balaban J connectivity index is 1.78. The molecule has 31 heavy (non-hydrogen) atoms. The Kier molecular flexibility index (Phi) is 9.45. The lowest BCUT2D eigenvalue weighted by atomic mass is 10.2. The zero-order valence-corrected chi connectivity index (χ0v) is 18.8. The number of anilines is 1. The van der Waals surface area contributed by atoms with Crippen LogP contribution in [0.2, 0.25) is 0 Å². The normalized spacial score (nSPS) is 11.4. The van der Waals surface area contributed by atoms with Gasteiger partial charge in [0.2, 0.25) is 0 Å². The maximum Gasteiger partial charge on any atom is 0.326 e. The molecule has 0 aliphatic rings. The van der Waals surface area contributed by atoms with Crippen LogP contribution in [0.15, 0.2) is 46.9 Å². The number of hydrogen-bond donors (Lipinski definition) is 2. The number of ether oxygens (including phenoxy) is 2. The third-order valence-corrected chi connectivity index (χ3v) is 4.64. The number of benzene rings is 2. The lowest BCUT2D eigenvalue weighted by molar-refractivity contribution is -0.152. The number of unbranched alkanes of at least 4 members (excludes halogenated alkanes) is 1. The second kappa shape index (κ2) is 12.0. The van der Waals surface area contributed by atoms with E-state index in [0.29, 0.717) is 22.4 Å². The van der Waals surface area contributed by atoms with Gasteiger partial charge < -0.3 is 20.1 Å². The van der Waals surface area contributed by atoms with Gasteiger partial charge in [-0.05, 0) is 55.8 Å². The lowest BCUT2D eigenvalue weighted by Gasteiger charge is -2.14. The fourth-order valence-electron chi connectivity index (χ4n) is 2.41.